The fourth-order valence-electron chi connectivity index (χ4n) is 2.33. The molecule has 0 bridgehead atoms. The Morgan fingerprint density at radius 2 is 2.11 bits per heavy atom. The summed E-state index contributed by atoms with van der Waals surface area (Å²) in [5.41, 5.74) is 2.36. The van der Waals surface area contributed by atoms with Crippen LogP contribution in [0.1, 0.15) is 24.8 Å². The normalized spacial score (nSPS) is 15.1. The quantitative estimate of drug-likeness (QED) is 0.914. The topological polar surface area (TPSA) is 42.2 Å². The largest absolute Gasteiger partial charge is 0.370 e. The Bertz CT molecular complexity index is 557. The van der Waals surface area contributed by atoms with Gasteiger partial charge in [0.1, 0.15) is 0 Å². The summed E-state index contributed by atoms with van der Waals surface area (Å²) in [6.07, 6.45) is 7.30. The number of para-hydroxylation sites is 1. The monoisotopic (exact) mass is 254 g/mol. The molecule has 0 radical (unpaired) electrons. The Balaban J connectivity index is 1.76. The lowest BCUT2D eigenvalue weighted by atomic mass is 10.1. The van der Waals surface area contributed by atoms with Crippen LogP contribution in [0.4, 0.5) is 0 Å². The van der Waals surface area contributed by atoms with E-state index in [1.165, 1.54) is 18.4 Å². The molecule has 0 fully saturated rings. The molecule has 3 rings (SSSR count). The van der Waals surface area contributed by atoms with Crippen LogP contribution in [0.25, 0.3) is 5.69 Å². The van der Waals surface area contributed by atoms with Crippen LogP contribution in [0.3, 0.4) is 0 Å². The first-order valence-corrected chi connectivity index (χ1v) is 6.78. The summed E-state index contributed by atoms with van der Waals surface area (Å²) in [5, 5.41) is 7.75. The van der Waals surface area contributed by atoms with Gasteiger partial charge in [-0.1, -0.05) is 18.2 Å². The predicted molar refractivity (Wildman–Crippen MR) is 76.6 cm³/mol. The van der Waals surface area contributed by atoms with Gasteiger partial charge in [0.25, 0.3) is 0 Å². The van der Waals surface area contributed by atoms with Crippen molar-refractivity contribution in [1.82, 2.24) is 15.1 Å². The molecule has 1 aliphatic heterocycles. The highest BCUT2D eigenvalue weighted by Crippen LogP contribution is 2.13. The average Bonchev–Trinajstić information content (AvgIpc) is 3.01. The Morgan fingerprint density at radius 1 is 1.16 bits per heavy atom. The molecule has 1 aromatic carbocycles. The predicted octanol–water partition coefficient (Wildman–Crippen LogP) is 2.54. The van der Waals surface area contributed by atoms with Crippen LogP contribution in [-0.2, 0) is 6.54 Å². The van der Waals surface area contributed by atoms with Gasteiger partial charge in [-0.25, -0.2) is 4.68 Å². The van der Waals surface area contributed by atoms with E-state index in [0.29, 0.717) is 0 Å². The fraction of sp³-hybridized carbons (Fsp3) is 0.333. The second-order valence-corrected chi connectivity index (χ2v) is 4.72. The van der Waals surface area contributed by atoms with Gasteiger partial charge in [-0.2, -0.15) is 5.10 Å². The molecule has 98 valence electrons. The highest BCUT2D eigenvalue weighted by atomic mass is 15.3. The lowest BCUT2D eigenvalue weighted by Gasteiger charge is -2.15. The molecule has 4 nitrogen and oxygen atoms in total. The maximum Gasteiger partial charge on any atom is 0.0965 e. The minimum Gasteiger partial charge on any atom is -0.370 e. The Morgan fingerprint density at radius 3 is 2.89 bits per heavy atom. The highest BCUT2D eigenvalue weighted by Gasteiger charge is 2.07. The summed E-state index contributed by atoms with van der Waals surface area (Å²) in [6.45, 7) is 1.76. The molecule has 0 amide bonds. The van der Waals surface area contributed by atoms with Gasteiger partial charge in [0.15, 0.2) is 0 Å². The maximum atomic E-state index is 4.52. The standard InChI is InChI=1S/C15H18N4/c1-2-7-14(19-11-5-10-18-19)13(6-1)12-17-15-8-3-4-9-16-15/h1-2,5-7,10-11H,3-4,8-9,12H2,(H,16,17). The number of hydrogen-bond donors (Lipinski definition) is 1. The zero-order valence-electron chi connectivity index (χ0n) is 10.9. The van der Waals surface area contributed by atoms with Crippen LogP contribution >= 0.6 is 0 Å². The molecule has 0 saturated heterocycles. The van der Waals surface area contributed by atoms with Crippen molar-refractivity contribution in [2.45, 2.75) is 25.8 Å². The summed E-state index contributed by atoms with van der Waals surface area (Å²) >= 11 is 0. The van der Waals surface area contributed by atoms with Crippen LogP contribution in [0, 0.1) is 0 Å². The lowest BCUT2D eigenvalue weighted by Crippen LogP contribution is -2.25. The van der Waals surface area contributed by atoms with E-state index in [0.717, 1.165) is 31.0 Å². The molecule has 0 spiro atoms. The van der Waals surface area contributed by atoms with Gasteiger partial charge in [-0.3, -0.25) is 4.99 Å². The van der Waals surface area contributed by atoms with E-state index < -0.39 is 0 Å². The highest BCUT2D eigenvalue weighted by molar-refractivity contribution is 5.82. The number of benzene rings is 1. The van der Waals surface area contributed by atoms with Crippen molar-refractivity contribution in [3.05, 3.63) is 48.3 Å². The number of hydrogen-bond acceptors (Lipinski definition) is 3. The molecule has 2 heterocycles. The first kappa shape index (κ1) is 12.0. The first-order chi connectivity index (χ1) is 9.43. The molecule has 0 saturated carbocycles. The second-order valence-electron chi connectivity index (χ2n) is 4.72. The third kappa shape index (κ3) is 2.84. The van der Waals surface area contributed by atoms with Crippen LogP contribution in [-0.4, -0.2) is 22.2 Å². The third-order valence-corrected chi connectivity index (χ3v) is 3.35. The van der Waals surface area contributed by atoms with E-state index in [4.69, 9.17) is 0 Å². The molecule has 1 aliphatic rings. The second kappa shape index (κ2) is 5.69. The van der Waals surface area contributed by atoms with Crippen LogP contribution in [0.2, 0.25) is 0 Å². The van der Waals surface area contributed by atoms with E-state index in [1.54, 1.807) is 6.20 Å². The number of nitrogens with one attached hydrogen (secondary N) is 1. The van der Waals surface area contributed by atoms with E-state index in [9.17, 15) is 0 Å². The fourth-order valence-corrected chi connectivity index (χ4v) is 2.33. The van der Waals surface area contributed by atoms with Gasteiger partial charge in [-0.15, -0.1) is 0 Å². The minimum atomic E-state index is 0.800. The van der Waals surface area contributed by atoms with Gasteiger partial charge in [0.05, 0.1) is 11.5 Å². The Labute approximate surface area is 113 Å². The first-order valence-electron chi connectivity index (χ1n) is 6.78. The molecular formula is C15H18N4. The number of amidine groups is 1. The molecule has 4 heteroatoms. The molecule has 1 N–H and O–H groups in total. The molecule has 0 unspecified atom stereocenters. The van der Waals surface area contributed by atoms with Gasteiger partial charge >= 0.3 is 0 Å². The van der Waals surface area contributed by atoms with E-state index in [2.05, 4.69) is 33.6 Å². The summed E-state index contributed by atoms with van der Waals surface area (Å²) in [4.78, 5) is 4.52. The van der Waals surface area contributed by atoms with Crippen molar-refractivity contribution < 1.29 is 0 Å². The molecule has 0 aliphatic carbocycles. The third-order valence-electron chi connectivity index (χ3n) is 3.35. The molecule has 19 heavy (non-hydrogen) atoms. The van der Waals surface area contributed by atoms with Crippen molar-refractivity contribution >= 4 is 5.84 Å². The van der Waals surface area contributed by atoms with E-state index in [1.807, 2.05) is 23.0 Å². The summed E-state index contributed by atoms with van der Waals surface area (Å²) in [5.74, 6) is 1.14. The van der Waals surface area contributed by atoms with Crippen LogP contribution in [0.5, 0.6) is 0 Å². The van der Waals surface area contributed by atoms with Crippen LogP contribution < -0.4 is 5.32 Å². The van der Waals surface area contributed by atoms with Crippen LogP contribution in [0.15, 0.2) is 47.7 Å². The zero-order valence-corrected chi connectivity index (χ0v) is 10.9. The van der Waals surface area contributed by atoms with Gasteiger partial charge in [0.2, 0.25) is 0 Å². The zero-order chi connectivity index (χ0) is 12.9. The molecule has 0 atom stereocenters. The van der Waals surface area contributed by atoms with Gasteiger partial charge in [-0.05, 0) is 30.5 Å². The average molecular weight is 254 g/mol. The van der Waals surface area contributed by atoms with Crippen molar-refractivity contribution in [2.75, 3.05) is 6.54 Å². The van der Waals surface area contributed by atoms with Gasteiger partial charge in [0, 0.05) is 31.9 Å². The minimum absolute atomic E-state index is 0.800. The Kier molecular flexibility index (Phi) is 3.58. The maximum absolute atomic E-state index is 4.52. The van der Waals surface area contributed by atoms with Crippen molar-refractivity contribution in [1.29, 1.82) is 0 Å². The number of aliphatic imine (C=N–C) groups is 1. The van der Waals surface area contributed by atoms with Crippen molar-refractivity contribution in [3.63, 3.8) is 0 Å². The van der Waals surface area contributed by atoms with Gasteiger partial charge < -0.3 is 5.32 Å². The number of rotatable bonds is 3. The summed E-state index contributed by atoms with van der Waals surface area (Å²) < 4.78 is 1.90. The molecule has 2 aromatic rings. The number of aromatic nitrogens is 2. The Hall–Kier alpha value is -2.10. The van der Waals surface area contributed by atoms with Crippen molar-refractivity contribution in [3.8, 4) is 5.69 Å². The smallest absolute Gasteiger partial charge is 0.0965 e. The lowest BCUT2D eigenvalue weighted by molar-refractivity contribution is 0.704. The summed E-state index contributed by atoms with van der Waals surface area (Å²) in [6, 6.07) is 10.3. The molecule has 1 aromatic heterocycles. The summed E-state index contributed by atoms with van der Waals surface area (Å²) in [7, 11) is 0. The van der Waals surface area contributed by atoms with E-state index >= 15 is 0 Å². The molecular weight excluding hydrogens is 236 g/mol. The van der Waals surface area contributed by atoms with Crippen molar-refractivity contribution in [2.24, 2.45) is 4.99 Å². The number of nitrogens with zero attached hydrogens (tertiary/aromatic N) is 3. The SMILES string of the molecule is c1ccc(-n2cccn2)c(CNC2=NCCCC2)c1. The van der Waals surface area contributed by atoms with E-state index in [-0.39, 0.29) is 0 Å².